The monoisotopic (exact) mass is 226 g/mol. The Hall–Kier alpha value is -0.570. The highest BCUT2D eigenvalue weighted by molar-refractivity contribution is 5.80. The van der Waals surface area contributed by atoms with Crippen LogP contribution in [0.3, 0.4) is 0 Å². The minimum atomic E-state index is -0.336. The van der Waals surface area contributed by atoms with Crippen LogP contribution >= 0.6 is 0 Å². The number of primary amides is 1. The highest BCUT2D eigenvalue weighted by atomic mass is 16.1. The molecular formula is C13H26N2O. The van der Waals surface area contributed by atoms with Crippen molar-refractivity contribution in [1.82, 2.24) is 4.90 Å². The van der Waals surface area contributed by atoms with Crippen molar-refractivity contribution in [3.63, 3.8) is 0 Å². The molecule has 0 atom stereocenters. The Morgan fingerprint density at radius 2 is 1.94 bits per heavy atom. The largest absolute Gasteiger partial charge is 0.369 e. The molecule has 94 valence electrons. The quantitative estimate of drug-likeness (QED) is 0.779. The molecule has 1 rings (SSSR count). The Labute approximate surface area is 99.4 Å². The zero-order valence-electron chi connectivity index (χ0n) is 11.0. The van der Waals surface area contributed by atoms with Gasteiger partial charge in [0, 0.05) is 5.41 Å². The molecule has 0 aliphatic carbocycles. The van der Waals surface area contributed by atoms with E-state index in [1.54, 1.807) is 0 Å². The van der Waals surface area contributed by atoms with Crippen molar-refractivity contribution >= 4 is 5.91 Å². The lowest BCUT2D eigenvalue weighted by Crippen LogP contribution is -2.44. The summed E-state index contributed by atoms with van der Waals surface area (Å²) in [5.74, 6) is 0.308. The van der Waals surface area contributed by atoms with E-state index >= 15 is 0 Å². The first kappa shape index (κ1) is 13.5. The van der Waals surface area contributed by atoms with Crippen LogP contribution in [-0.4, -0.2) is 30.4 Å². The molecule has 0 unspecified atom stereocenters. The average molecular weight is 226 g/mol. The fraction of sp³-hybridized carbons (Fsp3) is 0.923. The van der Waals surface area contributed by atoms with Gasteiger partial charge in [0.2, 0.25) is 5.91 Å². The van der Waals surface area contributed by atoms with Gasteiger partial charge >= 0.3 is 0 Å². The number of nitrogens with zero attached hydrogens (tertiary/aromatic N) is 1. The summed E-state index contributed by atoms with van der Waals surface area (Å²) in [7, 11) is 0. The van der Waals surface area contributed by atoms with Crippen LogP contribution in [0.4, 0.5) is 0 Å². The summed E-state index contributed by atoms with van der Waals surface area (Å²) >= 11 is 0. The number of hydrogen-bond acceptors (Lipinski definition) is 2. The summed E-state index contributed by atoms with van der Waals surface area (Å²) in [4.78, 5) is 13.9. The van der Waals surface area contributed by atoms with Gasteiger partial charge in [0.15, 0.2) is 0 Å². The molecule has 3 heteroatoms. The molecule has 2 N–H and O–H groups in total. The van der Waals surface area contributed by atoms with Gasteiger partial charge in [0.25, 0.3) is 0 Å². The number of hydrogen-bond donors (Lipinski definition) is 1. The highest BCUT2D eigenvalue weighted by Gasteiger charge is 2.36. The number of carbonyl (C=O) groups is 1. The lowest BCUT2D eigenvalue weighted by atomic mass is 9.73. The molecule has 1 saturated heterocycles. The van der Waals surface area contributed by atoms with Crippen molar-refractivity contribution in [2.75, 3.05) is 19.6 Å². The molecule has 16 heavy (non-hydrogen) atoms. The second kappa shape index (κ2) is 5.67. The van der Waals surface area contributed by atoms with Crippen molar-refractivity contribution < 1.29 is 4.79 Å². The second-order valence-corrected chi connectivity index (χ2v) is 5.56. The zero-order chi connectivity index (χ0) is 12.2. The summed E-state index contributed by atoms with van der Waals surface area (Å²) in [6.07, 6.45) is 4.76. The molecule has 0 aromatic heterocycles. The third-order valence-corrected chi connectivity index (χ3v) is 4.07. The lowest BCUT2D eigenvalue weighted by molar-refractivity contribution is -0.129. The standard InChI is InChI=1S/C13H26N2O/c1-4-5-8-15-9-6-11(7-10-15)13(2,3)12(14)16/h11H,4-10H2,1-3H3,(H2,14,16). The maximum Gasteiger partial charge on any atom is 0.223 e. The van der Waals surface area contributed by atoms with Crippen LogP contribution in [-0.2, 0) is 4.79 Å². The number of carbonyl (C=O) groups excluding carboxylic acids is 1. The molecular weight excluding hydrogens is 200 g/mol. The van der Waals surface area contributed by atoms with Gasteiger partial charge in [-0.2, -0.15) is 0 Å². The van der Waals surface area contributed by atoms with Crippen LogP contribution in [0.5, 0.6) is 0 Å². The van der Waals surface area contributed by atoms with E-state index in [9.17, 15) is 4.79 Å². The van der Waals surface area contributed by atoms with Crippen LogP contribution in [0.2, 0.25) is 0 Å². The van der Waals surface area contributed by atoms with Crippen molar-refractivity contribution in [2.45, 2.75) is 46.5 Å². The van der Waals surface area contributed by atoms with Crippen molar-refractivity contribution in [3.05, 3.63) is 0 Å². The van der Waals surface area contributed by atoms with Gasteiger partial charge in [0.05, 0.1) is 0 Å². The summed E-state index contributed by atoms with van der Waals surface area (Å²) in [6, 6.07) is 0. The van der Waals surface area contributed by atoms with Crippen molar-refractivity contribution in [3.8, 4) is 0 Å². The first-order chi connectivity index (χ1) is 7.48. The normalized spacial score (nSPS) is 19.9. The Kier molecular flexibility index (Phi) is 4.78. The fourth-order valence-corrected chi connectivity index (χ4v) is 2.46. The van der Waals surface area contributed by atoms with E-state index in [2.05, 4.69) is 11.8 Å². The number of unbranched alkanes of at least 4 members (excludes halogenated alkanes) is 1. The minimum Gasteiger partial charge on any atom is -0.369 e. The smallest absolute Gasteiger partial charge is 0.223 e. The Bertz CT molecular complexity index is 230. The van der Waals surface area contributed by atoms with Gasteiger partial charge in [-0.1, -0.05) is 27.2 Å². The number of amides is 1. The third kappa shape index (κ3) is 3.21. The topological polar surface area (TPSA) is 46.3 Å². The summed E-state index contributed by atoms with van der Waals surface area (Å²) in [5, 5.41) is 0. The van der Waals surface area contributed by atoms with E-state index in [0.717, 1.165) is 25.9 Å². The maximum absolute atomic E-state index is 11.4. The molecule has 1 aliphatic rings. The summed E-state index contributed by atoms with van der Waals surface area (Å²) in [5.41, 5.74) is 5.13. The van der Waals surface area contributed by atoms with Crippen LogP contribution in [0, 0.1) is 11.3 Å². The number of likely N-dealkylation sites (tertiary alicyclic amines) is 1. The Morgan fingerprint density at radius 1 is 1.38 bits per heavy atom. The zero-order valence-corrected chi connectivity index (χ0v) is 11.0. The SMILES string of the molecule is CCCCN1CCC(C(C)(C)C(N)=O)CC1. The van der Waals surface area contributed by atoms with Gasteiger partial charge in [-0.15, -0.1) is 0 Å². The van der Waals surface area contributed by atoms with E-state index in [1.807, 2.05) is 13.8 Å². The molecule has 1 amide bonds. The van der Waals surface area contributed by atoms with Crippen molar-refractivity contribution in [2.24, 2.45) is 17.1 Å². The summed E-state index contributed by atoms with van der Waals surface area (Å²) < 4.78 is 0. The molecule has 1 heterocycles. The van der Waals surface area contributed by atoms with Gasteiger partial charge < -0.3 is 10.6 Å². The summed E-state index contributed by atoms with van der Waals surface area (Å²) in [6.45, 7) is 9.66. The lowest BCUT2D eigenvalue weighted by Gasteiger charge is -2.38. The fourth-order valence-electron chi connectivity index (χ4n) is 2.46. The van der Waals surface area contributed by atoms with E-state index in [-0.39, 0.29) is 11.3 Å². The third-order valence-electron chi connectivity index (χ3n) is 4.07. The number of nitrogens with two attached hydrogens (primary N) is 1. The Morgan fingerprint density at radius 3 is 2.38 bits per heavy atom. The number of piperidine rings is 1. The molecule has 1 fully saturated rings. The van der Waals surface area contributed by atoms with E-state index in [4.69, 9.17) is 5.73 Å². The van der Waals surface area contributed by atoms with Gasteiger partial charge in [-0.05, 0) is 44.8 Å². The molecule has 0 aromatic rings. The van der Waals surface area contributed by atoms with Gasteiger partial charge in [0.1, 0.15) is 0 Å². The molecule has 0 bridgehead atoms. The molecule has 0 saturated carbocycles. The molecule has 0 radical (unpaired) electrons. The molecule has 3 nitrogen and oxygen atoms in total. The van der Waals surface area contributed by atoms with E-state index in [1.165, 1.54) is 19.4 Å². The highest BCUT2D eigenvalue weighted by Crippen LogP contribution is 2.34. The molecule has 1 aliphatic heterocycles. The number of rotatable bonds is 5. The maximum atomic E-state index is 11.4. The van der Waals surface area contributed by atoms with Crippen LogP contribution in [0.15, 0.2) is 0 Å². The molecule has 0 aromatic carbocycles. The van der Waals surface area contributed by atoms with E-state index in [0.29, 0.717) is 5.92 Å². The van der Waals surface area contributed by atoms with Gasteiger partial charge in [-0.25, -0.2) is 0 Å². The Balaban J connectivity index is 2.40. The first-order valence-electron chi connectivity index (χ1n) is 6.50. The first-order valence-corrected chi connectivity index (χ1v) is 6.50. The van der Waals surface area contributed by atoms with Crippen LogP contribution < -0.4 is 5.73 Å². The predicted octanol–water partition coefficient (Wildman–Crippen LogP) is 2.01. The van der Waals surface area contributed by atoms with E-state index < -0.39 is 0 Å². The minimum absolute atomic E-state index is 0.153. The molecule has 0 spiro atoms. The van der Waals surface area contributed by atoms with Crippen LogP contribution in [0.1, 0.15) is 46.5 Å². The average Bonchev–Trinajstić information content (AvgIpc) is 2.26. The van der Waals surface area contributed by atoms with Crippen molar-refractivity contribution in [1.29, 1.82) is 0 Å². The predicted molar refractivity (Wildman–Crippen MR) is 67.0 cm³/mol. The second-order valence-electron chi connectivity index (χ2n) is 5.56. The van der Waals surface area contributed by atoms with Crippen LogP contribution in [0.25, 0.3) is 0 Å². The van der Waals surface area contributed by atoms with Gasteiger partial charge in [-0.3, -0.25) is 4.79 Å².